The van der Waals surface area contributed by atoms with Crippen molar-refractivity contribution in [2.45, 2.75) is 37.8 Å². The predicted octanol–water partition coefficient (Wildman–Crippen LogP) is 3.55. The zero-order valence-corrected chi connectivity index (χ0v) is 17.0. The number of carbonyl (C=O) groups is 2. The summed E-state index contributed by atoms with van der Waals surface area (Å²) >= 11 is 5.60. The van der Waals surface area contributed by atoms with Crippen LogP contribution in [0, 0.1) is 11.2 Å². The number of benzene rings is 1. The van der Waals surface area contributed by atoms with E-state index >= 15 is 0 Å². The second-order valence-electron chi connectivity index (χ2n) is 8.07. The topological polar surface area (TPSA) is 80.3 Å². The van der Waals surface area contributed by atoms with Gasteiger partial charge >= 0.3 is 0 Å². The summed E-state index contributed by atoms with van der Waals surface area (Å²) in [5, 5.41) is 5.63. The van der Waals surface area contributed by atoms with Crippen molar-refractivity contribution in [3.8, 4) is 5.75 Å². The lowest BCUT2D eigenvalue weighted by Crippen LogP contribution is -2.78. The molecule has 164 valence electrons. The van der Waals surface area contributed by atoms with Gasteiger partial charge in [-0.05, 0) is 43.5 Å². The summed E-state index contributed by atoms with van der Waals surface area (Å²) in [6.45, 7) is -0.128. The number of hydrogen-bond donors (Lipinski definition) is 2. The van der Waals surface area contributed by atoms with Gasteiger partial charge in [0, 0.05) is 23.4 Å². The van der Waals surface area contributed by atoms with Gasteiger partial charge < -0.3 is 15.4 Å². The molecule has 0 aliphatic heterocycles. The molecule has 6 nitrogen and oxygen atoms in total. The van der Waals surface area contributed by atoms with Gasteiger partial charge in [0.05, 0.1) is 22.7 Å². The van der Waals surface area contributed by atoms with Gasteiger partial charge in [-0.3, -0.25) is 14.6 Å². The van der Waals surface area contributed by atoms with Crippen LogP contribution in [-0.4, -0.2) is 28.9 Å². The van der Waals surface area contributed by atoms with Crippen LogP contribution in [0.3, 0.4) is 0 Å². The molecule has 1 aromatic heterocycles. The van der Waals surface area contributed by atoms with Crippen molar-refractivity contribution in [3.05, 3.63) is 58.6 Å². The van der Waals surface area contributed by atoms with E-state index in [1.807, 2.05) is 0 Å². The van der Waals surface area contributed by atoms with E-state index in [1.54, 1.807) is 0 Å². The van der Waals surface area contributed by atoms with E-state index in [0.29, 0.717) is 25.0 Å². The monoisotopic (exact) mass is 453 g/mol. The average molecular weight is 454 g/mol. The Morgan fingerprint density at radius 1 is 1.19 bits per heavy atom. The van der Waals surface area contributed by atoms with Gasteiger partial charge in [0.2, 0.25) is 5.91 Å². The smallest absolute Gasteiger partial charge is 0.265 e. The summed E-state index contributed by atoms with van der Waals surface area (Å²) in [6.07, 6.45) is 0.0693. The molecule has 1 heterocycles. The van der Waals surface area contributed by atoms with E-state index in [-0.39, 0.29) is 41.3 Å². The van der Waals surface area contributed by atoms with Crippen LogP contribution in [0.15, 0.2) is 36.5 Å². The number of alkyl halides is 2. The first kappa shape index (κ1) is 21.4. The molecule has 0 unspecified atom stereocenters. The molecule has 0 saturated heterocycles. The van der Waals surface area contributed by atoms with E-state index in [0.717, 1.165) is 12.3 Å². The van der Waals surface area contributed by atoms with Crippen LogP contribution >= 0.6 is 11.6 Å². The standard InChI is InChI=1S/C21H19ClF3N3O3/c22-15-4-3-14(5-16(15)23)31-8-17(29)28-21-9-20(10-21,11-21)19(30)27-7-13-2-1-12(6-26-13)18(24)25/h1-6,18H,7-11H2,(H,27,30)(H,28,29). The maximum Gasteiger partial charge on any atom is 0.265 e. The molecule has 5 rings (SSSR count). The minimum atomic E-state index is -2.58. The molecule has 31 heavy (non-hydrogen) atoms. The Bertz CT molecular complexity index is 997. The Morgan fingerprint density at radius 3 is 2.55 bits per heavy atom. The maximum atomic E-state index is 13.4. The number of halogens is 4. The number of pyridine rings is 1. The highest BCUT2D eigenvalue weighted by Gasteiger charge is 2.72. The molecule has 2 amide bonds. The van der Waals surface area contributed by atoms with Crippen LogP contribution in [0.25, 0.3) is 0 Å². The van der Waals surface area contributed by atoms with Crippen molar-refractivity contribution >= 4 is 23.4 Å². The van der Waals surface area contributed by atoms with Crippen molar-refractivity contribution in [3.63, 3.8) is 0 Å². The van der Waals surface area contributed by atoms with Crippen LogP contribution in [0.5, 0.6) is 5.75 Å². The first-order chi connectivity index (χ1) is 14.7. The number of nitrogens with zero attached hydrogens (tertiary/aromatic N) is 1. The number of nitrogens with one attached hydrogen (secondary N) is 2. The second kappa shape index (κ2) is 8.03. The Labute approximate surface area is 181 Å². The lowest BCUT2D eigenvalue weighted by Gasteiger charge is -2.69. The number of rotatable bonds is 8. The molecule has 2 N–H and O–H groups in total. The van der Waals surface area contributed by atoms with Crippen molar-refractivity contribution in [2.75, 3.05) is 6.61 Å². The Morgan fingerprint density at radius 2 is 1.94 bits per heavy atom. The molecule has 2 aromatic rings. The van der Waals surface area contributed by atoms with Gasteiger partial charge in [-0.15, -0.1) is 0 Å². The summed E-state index contributed by atoms with van der Waals surface area (Å²) in [6, 6.07) is 6.65. The fourth-order valence-electron chi connectivity index (χ4n) is 4.24. The zero-order valence-electron chi connectivity index (χ0n) is 16.3. The minimum Gasteiger partial charge on any atom is -0.484 e. The largest absolute Gasteiger partial charge is 0.484 e. The van der Waals surface area contributed by atoms with Gasteiger partial charge in [-0.25, -0.2) is 13.2 Å². The van der Waals surface area contributed by atoms with Crippen LogP contribution in [-0.2, 0) is 16.1 Å². The number of carbonyl (C=O) groups excluding carboxylic acids is 2. The van der Waals surface area contributed by atoms with E-state index in [9.17, 15) is 22.8 Å². The van der Waals surface area contributed by atoms with Gasteiger partial charge in [0.25, 0.3) is 12.3 Å². The van der Waals surface area contributed by atoms with Crippen molar-refractivity contribution < 1.29 is 27.5 Å². The van der Waals surface area contributed by atoms with Crippen molar-refractivity contribution in [1.29, 1.82) is 0 Å². The fourth-order valence-corrected chi connectivity index (χ4v) is 4.35. The average Bonchev–Trinajstić information content (AvgIpc) is 2.69. The summed E-state index contributed by atoms with van der Waals surface area (Å²) in [7, 11) is 0. The molecule has 2 bridgehead atoms. The third kappa shape index (κ3) is 4.32. The number of ether oxygens (including phenoxy) is 1. The van der Waals surface area contributed by atoms with Gasteiger partial charge in [0.15, 0.2) is 6.61 Å². The maximum absolute atomic E-state index is 13.4. The Kier molecular flexibility index (Phi) is 5.55. The number of hydrogen-bond acceptors (Lipinski definition) is 4. The molecule has 3 aliphatic carbocycles. The molecular weight excluding hydrogens is 435 g/mol. The summed E-state index contributed by atoms with van der Waals surface area (Å²) < 4.78 is 43.8. The van der Waals surface area contributed by atoms with E-state index in [4.69, 9.17) is 16.3 Å². The second-order valence-corrected chi connectivity index (χ2v) is 8.48. The summed E-state index contributed by atoms with van der Waals surface area (Å²) in [5.41, 5.74) is -0.614. The first-order valence-corrected chi connectivity index (χ1v) is 9.98. The van der Waals surface area contributed by atoms with Crippen LogP contribution in [0.1, 0.15) is 36.9 Å². The van der Waals surface area contributed by atoms with Crippen LogP contribution < -0.4 is 15.4 Å². The number of amides is 2. The zero-order chi connectivity index (χ0) is 22.2. The molecule has 3 aliphatic rings. The van der Waals surface area contributed by atoms with Crippen LogP contribution in [0.2, 0.25) is 5.02 Å². The van der Waals surface area contributed by atoms with E-state index in [1.165, 1.54) is 24.3 Å². The molecule has 10 heteroatoms. The molecule has 3 fully saturated rings. The predicted molar refractivity (Wildman–Crippen MR) is 105 cm³/mol. The highest BCUT2D eigenvalue weighted by atomic mass is 35.5. The summed E-state index contributed by atoms with van der Waals surface area (Å²) in [4.78, 5) is 28.6. The minimum absolute atomic E-state index is 0.0322. The van der Waals surface area contributed by atoms with Crippen LogP contribution in [0.4, 0.5) is 13.2 Å². The molecular formula is C21H19ClF3N3O3. The van der Waals surface area contributed by atoms with Gasteiger partial charge in [-0.1, -0.05) is 11.6 Å². The van der Waals surface area contributed by atoms with Crippen molar-refractivity contribution in [1.82, 2.24) is 15.6 Å². The SMILES string of the molecule is O=C(COc1ccc(Cl)c(F)c1)NC12CC(C(=O)NCc3ccc(C(F)F)cn3)(C1)C2. The fraction of sp³-hybridized carbons (Fsp3) is 0.381. The normalized spacial score (nSPS) is 23.5. The molecule has 0 atom stereocenters. The number of aromatic nitrogens is 1. The molecule has 0 radical (unpaired) electrons. The lowest BCUT2D eigenvalue weighted by atomic mass is 9.39. The Balaban J connectivity index is 1.20. The van der Waals surface area contributed by atoms with E-state index in [2.05, 4.69) is 15.6 Å². The third-order valence-corrected chi connectivity index (χ3v) is 6.01. The first-order valence-electron chi connectivity index (χ1n) is 9.61. The molecule has 3 saturated carbocycles. The highest BCUT2D eigenvalue weighted by molar-refractivity contribution is 6.30. The molecule has 1 aromatic carbocycles. The third-order valence-electron chi connectivity index (χ3n) is 5.71. The van der Waals surface area contributed by atoms with Gasteiger partial charge in [0.1, 0.15) is 11.6 Å². The van der Waals surface area contributed by atoms with Crippen molar-refractivity contribution in [2.24, 2.45) is 5.41 Å². The quantitative estimate of drug-likeness (QED) is 0.640. The highest BCUT2D eigenvalue weighted by Crippen LogP contribution is 2.67. The van der Waals surface area contributed by atoms with E-state index < -0.39 is 23.2 Å². The summed E-state index contributed by atoms with van der Waals surface area (Å²) in [5.74, 6) is -0.934. The molecule has 0 spiro atoms. The van der Waals surface area contributed by atoms with Gasteiger partial charge in [-0.2, -0.15) is 0 Å². The lowest BCUT2D eigenvalue weighted by molar-refractivity contribution is -0.184. The Hall–Kier alpha value is -2.81.